The fraction of sp³-hybridized carbons (Fsp3) is 0.158. The molecule has 0 unspecified atom stereocenters. The van der Waals surface area contributed by atoms with Gasteiger partial charge in [0.15, 0.2) is 0 Å². The van der Waals surface area contributed by atoms with Gasteiger partial charge in [-0.3, -0.25) is 4.79 Å². The molecule has 1 amide bonds. The lowest BCUT2D eigenvalue weighted by atomic mass is 10.1. The van der Waals surface area contributed by atoms with Crippen LogP contribution in [-0.2, 0) is 11.2 Å². The number of nitrogens with zero attached hydrogens (tertiary/aromatic N) is 1. The number of H-pyrrole nitrogens is 1. The van der Waals surface area contributed by atoms with Gasteiger partial charge in [-0.2, -0.15) is 0 Å². The minimum atomic E-state index is -0.0547. The SMILES string of the molecule is CCOc1ccc(CC(=O)Nc2cccc(-c3cnc[nH]3)c2)cc1. The number of rotatable bonds is 6. The van der Waals surface area contributed by atoms with Crippen LogP contribution in [0.2, 0.25) is 0 Å². The standard InChI is InChI=1S/C19H19N3O2/c1-2-24-17-8-6-14(7-9-17)10-19(23)22-16-5-3-4-15(11-16)18-12-20-13-21-18/h3-9,11-13H,2,10H2,1H3,(H,20,21)(H,22,23). The zero-order valence-corrected chi connectivity index (χ0v) is 13.5. The third-order valence-corrected chi connectivity index (χ3v) is 3.55. The molecule has 0 fully saturated rings. The van der Waals surface area contributed by atoms with E-state index >= 15 is 0 Å². The number of ether oxygens (including phenoxy) is 1. The quantitative estimate of drug-likeness (QED) is 0.728. The summed E-state index contributed by atoms with van der Waals surface area (Å²) < 4.78 is 5.40. The van der Waals surface area contributed by atoms with Crippen molar-refractivity contribution in [2.45, 2.75) is 13.3 Å². The van der Waals surface area contributed by atoms with Crippen LogP contribution in [0.5, 0.6) is 5.75 Å². The Morgan fingerprint density at radius 3 is 2.75 bits per heavy atom. The van der Waals surface area contributed by atoms with Gasteiger partial charge in [-0.05, 0) is 36.8 Å². The molecule has 0 bridgehead atoms. The molecule has 0 aliphatic heterocycles. The van der Waals surface area contributed by atoms with Gasteiger partial charge in [0.1, 0.15) is 5.75 Å². The molecule has 3 rings (SSSR count). The number of carbonyl (C=O) groups excluding carboxylic acids is 1. The summed E-state index contributed by atoms with van der Waals surface area (Å²) in [4.78, 5) is 19.3. The van der Waals surface area contributed by atoms with Crippen LogP contribution in [-0.4, -0.2) is 22.5 Å². The molecule has 5 nitrogen and oxygen atoms in total. The van der Waals surface area contributed by atoms with E-state index in [0.717, 1.165) is 28.3 Å². The minimum Gasteiger partial charge on any atom is -0.494 e. The van der Waals surface area contributed by atoms with E-state index in [0.29, 0.717) is 13.0 Å². The van der Waals surface area contributed by atoms with Crippen molar-refractivity contribution in [1.29, 1.82) is 0 Å². The molecule has 0 spiro atoms. The first-order chi connectivity index (χ1) is 11.7. The Bertz CT molecular complexity index is 796. The molecule has 122 valence electrons. The second-order valence-corrected chi connectivity index (χ2v) is 5.35. The Kier molecular flexibility index (Phi) is 4.91. The maximum atomic E-state index is 12.2. The van der Waals surface area contributed by atoms with E-state index in [4.69, 9.17) is 4.74 Å². The van der Waals surface area contributed by atoms with Crippen LogP contribution in [0, 0.1) is 0 Å². The largest absolute Gasteiger partial charge is 0.494 e. The van der Waals surface area contributed by atoms with E-state index < -0.39 is 0 Å². The smallest absolute Gasteiger partial charge is 0.228 e. The molecule has 24 heavy (non-hydrogen) atoms. The average molecular weight is 321 g/mol. The number of hydrogen-bond acceptors (Lipinski definition) is 3. The van der Waals surface area contributed by atoms with Crippen molar-refractivity contribution in [1.82, 2.24) is 9.97 Å². The highest BCUT2D eigenvalue weighted by Crippen LogP contribution is 2.20. The van der Waals surface area contributed by atoms with Crippen LogP contribution in [0.15, 0.2) is 61.1 Å². The number of carbonyl (C=O) groups is 1. The van der Waals surface area contributed by atoms with Crippen molar-refractivity contribution in [3.05, 3.63) is 66.6 Å². The topological polar surface area (TPSA) is 67.0 Å². The van der Waals surface area contributed by atoms with Gasteiger partial charge in [0.05, 0.1) is 31.2 Å². The summed E-state index contributed by atoms with van der Waals surface area (Å²) in [6.45, 7) is 2.57. The zero-order chi connectivity index (χ0) is 16.8. The Morgan fingerprint density at radius 2 is 2.04 bits per heavy atom. The summed E-state index contributed by atoms with van der Waals surface area (Å²) in [7, 11) is 0. The highest BCUT2D eigenvalue weighted by Gasteiger charge is 2.06. The monoisotopic (exact) mass is 321 g/mol. The Hall–Kier alpha value is -3.08. The molecule has 1 aromatic heterocycles. The predicted octanol–water partition coefficient (Wildman–Crippen LogP) is 3.66. The summed E-state index contributed by atoms with van der Waals surface area (Å²) in [5, 5.41) is 2.93. The normalized spacial score (nSPS) is 10.4. The molecule has 2 aromatic carbocycles. The number of nitrogens with one attached hydrogen (secondary N) is 2. The minimum absolute atomic E-state index is 0.0547. The van der Waals surface area contributed by atoms with Crippen LogP contribution in [0.1, 0.15) is 12.5 Å². The molecular formula is C19H19N3O2. The number of amides is 1. The first-order valence-electron chi connectivity index (χ1n) is 7.85. The number of benzene rings is 2. The Balaban J connectivity index is 1.63. The van der Waals surface area contributed by atoms with Gasteiger partial charge in [-0.25, -0.2) is 4.98 Å². The lowest BCUT2D eigenvalue weighted by Gasteiger charge is -2.08. The second kappa shape index (κ2) is 7.46. The highest BCUT2D eigenvalue weighted by atomic mass is 16.5. The van der Waals surface area contributed by atoms with Gasteiger partial charge in [-0.1, -0.05) is 24.3 Å². The maximum Gasteiger partial charge on any atom is 0.228 e. The van der Waals surface area contributed by atoms with Gasteiger partial charge < -0.3 is 15.0 Å². The number of aromatic nitrogens is 2. The molecule has 0 aliphatic carbocycles. The number of aromatic amines is 1. The van der Waals surface area contributed by atoms with Gasteiger partial charge in [0.25, 0.3) is 0 Å². The third kappa shape index (κ3) is 4.01. The molecule has 5 heteroatoms. The summed E-state index contributed by atoms with van der Waals surface area (Å²) in [5.41, 5.74) is 3.60. The fourth-order valence-electron chi connectivity index (χ4n) is 2.44. The predicted molar refractivity (Wildman–Crippen MR) is 94.0 cm³/mol. The van der Waals surface area contributed by atoms with Crippen LogP contribution in [0.3, 0.4) is 0 Å². The van der Waals surface area contributed by atoms with Crippen LogP contribution >= 0.6 is 0 Å². The summed E-state index contributed by atoms with van der Waals surface area (Å²) >= 11 is 0. The number of imidazole rings is 1. The molecule has 2 N–H and O–H groups in total. The van der Waals surface area contributed by atoms with Gasteiger partial charge in [0, 0.05) is 11.3 Å². The van der Waals surface area contributed by atoms with Crippen molar-refractivity contribution in [3.63, 3.8) is 0 Å². The molecule has 0 atom stereocenters. The Labute approximate surface area is 140 Å². The van der Waals surface area contributed by atoms with E-state index in [-0.39, 0.29) is 5.91 Å². The van der Waals surface area contributed by atoms with E-state index in [1.807, 2.05) is 55.5 Å². The van der Waals surface area contributed by atoms with Crippen LogP contribution in [0.4, 0.5) is 5.69 Å². The fourth-order valence-corrected chi connectivity index (χ4v) is 2.44. The van der Waals surface area contributed by atoms with E-state index in [1.165, 1.54) is 0 Å². The molecule has 3 aromatic rings. The van der Waals surface area contributed by atoms with Crippen molar-refractivity contribution in [2.75, 3.05) is 11.9 Å². The zero-order valence-electron chi connectivity index (χ0n) is 13.5. The van der Waals surface area contributed by atoms with Crippen molar-refractivity contribution >= 4 is 11.6 Å². The number of anilines is 1. The summed E-state index contributed by atoms with van der Waals surface area (Å²) in [5.74, 6) is 0.759. The lowest BCUT2D eigenvalue weighted by molar-refractivity contribution is -0.115. The highest BCUT2D eigenvalue weighted by molar-refractivity contribution is 5.92. The molecule has 0 saturated heterocycles. The van der Waals surface area contributed by atoms with Crippen LogP contribution < -0.4 is 10.1 Å². The first-order valence-corrected chi connectivity index (χ1v) is 7.85. The second-order valence-electron chi connectivity index (χ2n) is 5.35. The van der Waals surface area contributed by atoms with Crippen molar-refractivity contribution in [2.24, 2.45) is 0 Å². The number of hydrogen-bond donors (Lipinski definition) is 2. The molecule has 0 aliphatic rings. The van der Waals surface area contributed by atoms with Crippen molar-refractivity contribution in [3.8, 4) is 17.0 Å². The van der Waals surface area contributed by atoms with E-state index in [1.54, 1.807) is 12.5 Å². The average Bonchev–Trinajstić information content (AvgIpc) is 3.12. The summed E-state index contributed by atoms with van der Waals surface area (Å²) in [6, 6.07) is 15.2. The van der Waals surface area contributed by atoms with Gasteiger partial charge in [0.2, 0.25) is 5.91 Å². The maximum absolute atomic E-state index is 12.2. The Morgan fingerprint density at radius 1 is 1.21 bits per heavy atom. The molecule has 0 saturated carbocycles. The third-order valence-electron chi connectivity index (χ3n) is 3.55. The summed E-state index contributed by atoms with van der Waals surface area (Å²) in [6.07, 6.45) is 3.70. The first kappa shape index (κ1) is 15.8. The van der Waals surface area contributed by atoms with Gasteiger partial charge >= 0.3 is 0 Å². The van der Waals surface area contributed by atoms with Crippen molar-refractivity contribution < 1.29 is 9.53 Å². The molecular weight excluding hydrogens is 302 g/mol. The van der Waals surface area contributed by atoms with E-state index in [2.05, 4.69) is 15.3 Å². The van der Waals surface area contributed by atoms with Crippen LogP contribution in [0.25, 0.3) is 11.3 Å². The lowest BCUT2D eigenvalue weighted by Crippen LogP contribution is -2.14. The molecule has 0 radical (unpaired) electrons. The van der Waals surface area contributed by atoms with Gasteiger partial charge in [-0.15, -0.1) is 0 Å². The molecule has 1 heterocycles. The van der Waals surface area contributed by atoms with E-state index in [9.17, 15) is 4.79 Å².